The fraction of sp³-hybridized carbons (Fsp3) is 0.368. The SMILES string of the molecule is CC(C)NP1[C@@H](c2ccccc2)CC[C@@H]1c1ccccc1. The Hall–Kier alpha value is -1.17. The molecular formula is C19H24NP. The van der Waals surface area contributed by atoms with E-state index in [1.165, 1.54) is 24.0 Å². The maximum Gasteiger partial charge on any atom is 0.0178 e. The first-order valence-electron chi connectivity index (χ1n) is 7.90. The third-order valence-corrected chi connectivity index (χ3v) is 7.43. The zero-order chi connectivity index (χ0) is 14.7. The molecule has 1 N–H and O–H groups in total. The summed E-state index contributed by atoms with van der Waals surface area (Å²) in [7, 11) is -0.214. The van der Waals surface area contributed by atoms with Gasteiger partial charge in [0.15, 0.2) is 0 Å². The third-order valence-electron chi connectivity index (χ3n) is 4.16. The Morgan fingerprint density at radius 1 is 0.810 bits per heavy atom. The molecule has 110 valence electrons. The zero-order valence-electron chi connectivity index (χ0n) is 12.9. The van der Waals surface area contributed by atoms with Gasteiger partial charge in [0, 0.05) is 17.4 Å². The van der Waals surface area contributed by atoms with Crippen LogP contribution in [0.4, 0.5) is 0 Å². The number of hydrogen-bond acceptors (Lipinski definition) is 1. The minimum absolute atomic E-state index is 0.214. The molecule has 0 bridgehead atoms. The number of benzene rings is 2. The first-order valence-corrected chi connectivity index (χ1v) is 9.38. The van der Waals surface area contributed by atoms with E-state index in [2.05, 4.69) is 79.6 Å². The summed E-state index contributed by atoms with van der Waals surface area (Å²) >= 11 is 0. The van der Waals surface area contributed by atoms with Crippen LogP contribution in [-0.2, 0) is 0 Å². The van der Waals surface area contributed by atoms with Crippen molar-refractivity contribution < 1.29 is 0 Å². The molecule has 0 aliphatic carbocycles. The van der Waals surface area contributed by atoms with Crippen LogP contribution >= 0.6 is 8.07 Å². The predicted octanol–water partition coefficient (Wildman–Crippen LogP) is 5.66. The average molecular weight is 297 g/mol. The highest BCUT2D eigenvalue weighted by atomic mass is 31.1. The van der Waals surface area contributed by atoms with E-state index in [-0.39, 0.29) is 8.07 Å². The largest absolute Gasteiger partial charge is 0.292 e. The molecule has 1 fully saturated rings. The molecule has 2 atom stereocenters. The van der Waals surface area contributed by atoms with Gasteiger partial charge in [-0.05, 0) is 45.9 Å². The Morgan fingerprint density at radius 2 is 1.24 bits per heavy atom. The van der Waals surface area contributed by atoms with Crippen molar-refractivity contribution in [3.8, 4) is 0 Å². The van der Waals surface area contributed by atoms with Gasteiger partial charge in [-0.15, -0.1) is 0 Å². The number of hydrogen-bond donors (Lipinski definition) is 1. The monoisotopic (exact) mass is 297 g/mol. The second kappa shape index (κ2) is 6.73. The van der Waals surface area contributed by atoms with Crippen LogP contribution in [0, 0.1) is 0 Å². The van der Waals surface area contributed by atoms with Crippen LogP contribution < -0.4 is 5.09 Å². The van der Waals surface area contributed by atoms with Gasteiger partial charge in [-0.25, -0.2) is 0 Å². The molecule has 2 heteroatoms. The molecule has 0 spiro atoms. The second-order valence-corrected chi connectivity index (χ2v) is 8.44. The highest BCUT2D eigenvalue weighted by molar-refractivity contribution is 7.56. The van der Waals surface area contributed by atoms with Crippen LogP contribution in [0.15, 0.2) is 60.7 Å². The van der Waals surface area contributed by atoms with Crippen LogP contribution in [-0.4, -0.2) is 6.04 Å². The normalized spacial score (nSPS) is 22.8. The summed E-state index contributed by atoms with van der Waals surface area (Å²) in [6.07, 6.45) is 2.60. The maximum atomic E-state index is 3.90. The minimum Gasteiger partial charge on any atom is -0.292 e. The summed E-state index contributed by atoms with van der Waals surface area (Å²) in [5.41, 5.74) is 4.40. The van der Waals surface area contributed by atoms with Crippen molar-refractivity contribution in [2.75, 3.05) is 0 Å². The maximum absolute atomic E-state index is 3.90. The Labute approximate surface area is 129 Å². The van der Waals surface area contributed by atoms with Crippen LogP contribution in [0.25, 0.3) is 0 Å². The lowest BCUT2D eigenvalue weighted by Gasteiger charge is -2.29. The van der Waals surface area contributed by atoms with E-state index in [0.717, 1.165) is 0 Å². The number of rotatable bonds is 4. The van der Waals surface area contributed by atoms with Crippen LogP contribution in [0.5, 0.6) is 0 Å². The van der Waals surface area contributed by atoms with E-state index >= 15 is 0 Å². The lowest BCUT2D eigenvalue weighted by molar-refractivity contribution is 0.749. The van der Waals surface area contributed by atoms with Gasteiger partial charge in [0.25, 0.3) is 0 Å². The van der Waals surface area contributed by atoms with Crippen LogP contribution in [0.2, 0.25) is 0 Å². The first-order chi connectivity index (χ1) is 10.3. The molecule has 0 unspecified atom stereocenters. The first kappa shape index (κ1) is 14.8. The fourth-order valence-corrected chi connectivity index (χ4v) is 6.53. The summed E-state index contributed by atoms with van der Waals surface area (Å²) in [5, 5.41) is 3.90. The third kappa shape index (κ3) is 3.36. The molecule has 21 heavy (non-hydrogen) atoms. The average Bonchev–Trinajstić information content (AvgIpc) is 2.92. The zero-order valence-corrected chi connectivity index (χ0v) is 13.8. The van der Waals surface area contributed by atoms with Gasteiger partial charge in [-0.2, -0.15) is 0 Å². The quantitative estimate of drug-likeness (QED) is 0.718. The second-order valence-electron chi connectivity index (χ2n) is 6.12. The smallest absolute Gasteiger partial charge is 0.0178 e. The Morgan fingerprint density at radius 3 is 1.62 bits per heavy atom. The van der Waals surface area contributed by atoms with Crippen LogP contribution in [0.1, 0.15) is 49.1 Å². The highest BCUT2D eigenvalue weighted by Crippen LogP contribution is 2.67. The van der Waals surface area contributed by atoms with Crippen molar-refractivity contribution in [3.05, 3.63) is 71.8 Å². The van der Waals surface area contributed by atoms with Gasteiger partial charge in [0.05, 0.1) is 0 Å². The van der Waals surface area contributed by atoms with Gasteiger partial charge in [0.2, 0.25) is 0 Å². The lowest BCUT2D eigenvalue weighted by atomic mass is 10.0. The van der Waals surface area contributed by atoms with Crippen molar-refractivity contribution in [2.45, 2.75) is 44.0 Å². The molecule has 0 radical (unpaired) electrons. The summed E-state index contributed by atoms with van der Waals surface area (Å²) < 4.78 is 0. The highest BCUT2D eigenvalue weighted by Gasteiger charge is 2.37. The summed E-state index contributed by atoms with van der Waals surface area (Å²) in [6.45, 7) is 4.54. The van der Waals surface area contributed by atoms with Crippen LogP contribution in [0.3, 0.4) is 0 Å². The topological polar surface area (TPSA) is 12.0 Å². The van der Waals surface area contributed by atoms with E-state index in [4.69, 9.17) is 0 Å². The van der Waals surface area contributed by atoms with Gasteiger partial charge in [-0.3, -0.25) is 5.09 Å². The van der Waals surface area contributed by atoms with Gasteiger partial charge in [-0.1, -0.05) is 60.7 Å². The Bertz CT molecular complexity index is 505. The molecule has 1 aliphatic rings. The van der Waals surface area contributed by atoms with E-state index in [1.807, 2.05) is 0 Å². The van der Waals surface area contributed by atoms with Gasteiger partial charge < -0.3 is 0 Å². The molecule has 1 heterocycles. The molecule has 2 aromatic rings. The van der Waals surface area contributed by atoms with Crippen molar-refractivity contribution in [3.63, 3.8) is 0 Å². The predicted molar refractivity (Wildman–Crippen MR) is 92.8 cm³/mol. The minimum atomic E-state index is -0.214. The molecule has 1 aliphatic heterocycles. The van der Waals surface area contributed by atoms with E-state index < -0.39 is 0 Å². The molecule has 1 nitrogen and oxygen atoms in total. The molecule has 0 saturated carbocycles. The van der Waals surface area contributed by atoms with Crippen molar-refractivity contribution in [2.24, 2.45) is 0 Å². The molecular weight excluding hydrogens is 273 g/mol. The molecule has 3 rings (SSSR count). The number of nitrogens with one attached hydrogen (secondary N) is 1. The molecule has 1 saturated heterocycles. The summed E-state index contributed by atoms with van der Waals surface area (Å²) in [5.74, 6) is 0. The van der Waals surface area contributed by atoms with E-state index in [0.29, 0.717) is 17.4 Å². The fourth-order valence-electron chi connectivity index (χ4n) is 3.29. The summed E-state index contributed by atoms with van der Waals surface area (Å²) in [6, 6.07) is 22.7. The van der Waals surface area contributed by atoms with Crippen molar-refractivity contribution in [1.82, 2.24) is 5.09 Å². The van der Waals surface area contributed by atoms with Gasteiger partial charge in [0.1, 0.15) is 0 Å². The molecule has 0 amide bonds. The van der Waals surface area contributed by atoms with Gasteiger partial charge >= 0.3 is 0 Å². The molecule has 2 aromatic carbocycles. The van der Waals surface area contributed by atoms with Crippen molar-refractivity contribution in [1.29, 1.82) is 0 Å². The Kier molecular flexibility index (Phi) is 4.73. The van der Waals surface area contributed by atoms with Crippen molar-refractivity contribution >= 4 is 8.07 Å². The lowest BCUT2D eigenvalue weighted by Crippen LogP contribution is -2.20. The summed E-state index contributed by atoms with van der Waals surface area (Å²) in [4.78, 5) is 0. The Balaban J connectivity index is 1.89. The standard InChI is InChI=1S/C19H24NP/c1-15(2)20-21-18(16-9-5-3-6-10-16)13-14-19(21)17-11-7-4-8-12-17/h3-12,15,18-20H,13-14H2,1-2H3/t18-,19-/m1/s1. The molecule has 0 aromatic heterocycles. The van der Waals surface area contributed by atoms with E-state index in [1.54, 1.807) is 0 Å². The van der Waals surface area contributed by atoms with E-state index in [9.17, 15) is 0 Å².